The van der Waals surface area contributed by atoms with Crippen LogP contribution in [0.3, 0.4) is 0 Å². The van der Waals surface area contributed by atoms with Crippen LogP contribution in [-0.4, -0.2) is 48.0 Å². The van der Waals surface area contributed by atoms with Gasteiger partial charge >= 0.3 is 5.97 Å². The standard InChI is InChI=1S/C16H26N2O3S/c1-21-16(20)12-11-22-13(15(12)17)7-3-4-8-14(19)18-9-5-2-6-10-18/h13H,2-11,17H2,1H3. The lowest BCUT2D eigenvalue weighted by Crippen LogP contribution is -2.35. The molecule has 0 saturated carbocycles. The minimum Gasteiger partial charge on any atom is -0.466 e. The van der Waals surface area contributed by atoms with Gasteiger partial charge in [0, 0.05) is 36.2 Å². The number of carbonyl (C=O) groups is 2. The highest BCUT2D eigenvalue weighted by Crippen LogP contribution is 2.33. The van der Waals surface area contributed by atoms with Crippen molar-refractivity contribution < 1.29 is 14.3 Å². The van der Waals surface area contributed by atoms with E-state index in [1.807, 2.05) is 4.90 Å². The van der Waals surface area contributed by atoms with Crippen molar-refractivity contribution >= 4 is 23.6 Å². The van der Waals surface area contributed by atoms with Crippen molar-refractivity contribution in [1.82, 2.24) is 4.90 Å². The van der Waals surface area contributed by atoms with Crippen LogP contribution in [0, 0.1) is 0 Å². The lowest BCUT2D eigenvalue weighted by atomic mass is 10.1. The maximum absolute atomic E-state index is 12.1. The summed E-state index contributed by atoms with van der Waals surface area (Å²) in [5.41, 5.74) is 7.32. The Balaban J connectivity index is 1.67. The molecule has 5 nitrogen and oxygen atoms in total. The van der Waals surface area contributed by atoms with Gasteiger partial charge in [-0.25, -0.2) is 4.79 Å². The number of ether oxygens (including phenoxy) is 1. The Labute approximate surface area is 136 Å². The van der Waals surface area contributed by atoms with E-state index in [-0.39, 0.29) is 17.1 Å². The third kappa shape index (κ3) is 4.41. The van der Waals surface area contributed by atoms with Crippen molar-refractivity contribution in [3.63, 3.8) is 0 Å². The number of piperidine rings is 1. The molecule has 6 heteroatoms. The van der Waals surface area contributed by atoms with E-state index in [1.165, 1.54) is 13.5 Å². The molecule has 0 aromatic heterocycles. The van der Waals surface area contributed by atoms with Crippen LogP contribution in [0.4, 0.5) is 0 Å². The fraction of sp³-hybridized carbons (Fsp3) is 0.750. The molecular formula is C16H26N2O3S. The topological polar surface area (TPSA) is 72.6 Å². The van der Waals surface area contributed by atoms with Crippen LogP contribution in [0.25, 0.3) is 0 Å². The van der Waals surface area contributed by atoms with Crippen LogP contribution in [0.15, 0.2) is 11.3 Å². The molecule has 0 aliphatic carbocycles. The van der Waals surface area contributed by atoms with E-state index in [0.29, 0.717) is 23.4 Å². The summed E-state index contributed by atoms with van der Waals surface area (Å²) in [4.78, 5) is 25.6. The molecule has 0 spiro atoms. The van der Waals surface area contributed by atoms with Crippen LogP contribution in [0.1, 0.15) is 44.9 Å². The first-order valence-electron chi connectivity index (χ1n) is 8.09. The first-order valence-corrected chi connectivity index (χ1v) is 9.14. The average molecular weight is 326 g/mol. The summed E-state index contributed by atoms with van der Waals surface area (Å²) in [6, 6.07) is 0. The number of rotatable bonds is 6. The summed E-state index contributed by atoms with van der Waals surface area (Å²) in [5.74, 6) is 0.612. The molecule has 2 aliphatic heterocycles. The summed E-state index contributed by atoms with van der Waals surface area (Å²) in [5, 5.41) is 0.194. The van der Waals surface area contributed by atoms with Crippen LogP contribution in [-0.2, 0) is 14.3 Å². The van der Waals surface area contributed by atoms with E-state index in [2.05, 4.69) is 0 Å². The Kier molecular flexibility index (Phi) is 6.61. The van der Waals surface area contributed by atoms with Crippen molar-refractivity contribution in [2.24, 2.45) is 5.73 Å². The van der Waals surface area contributed by atoms with E-state index in [1.54, 1.807) is 11.8 Å². The van der Waals surface area contributed by atoms with Crippen molar-refractivity contribution in [3.05, 3.63) is 11.3 Å². The van der Waals surface area contributed by atoms with Crippen molar-refractivity contribution in [1.29, 1.82) is 0 Å². The lowest BCUT2D eigenvalue weighted by Gasteiger charge is -2.26. The van der Waals surface area contributed by atoms with Gasteiger partial charge in [0.2, 0.25) is 5.91 Å². The Morgan fingerprint density at radius 3 is 2.68 bits per heavy atom. The molecule has 2 N–H and O–H groups in total. The van der Waals surface area contributed by atoms with Gasteiger partial charge in [-0.1, -0.05) is 6.42 Å². The largest absolute Gasteiger partial charge is 0.466 e. The first-order chi connectivity index (χ1) is 10.6. The van der Waals surface area contributed by atoms with Gasteiger partial charge in [0.1, 0.15) is 0 Å². The number of unbranched alkanes of at least 4 members (excludes halogenated alkanes) is 1. The van der Waals surface area contributed by atoms with E-state index in [4.69, 9.17) is 10.5 Å². The number of esters is 1. The summed E-state index contributed by atoms with van der Waals surface area (Å²) in [7, 11) is 1.38. The van der Waals surface area contributed by atoms with Gasteiger partial charge in [0.25, 0.3) is 0 Å². The molecule has 0 bridgehead atoms. The number of methoxy groups -OCH3 is 1. The van der Waals surface area contributed by atoms with Crippen molar-refractivity contribution in [2.75, 3.05) is 26.0 Å². The van der Waals surface area contributed by atoms with Gasteiger partial charge in [0.15, 0.2) is 0 Å². The molecule has 2 heterocycles. The molecule has 1 unspecified atom stereocenters. The molecule has 0 aromatic rings. The number of nitrogens with two attached hydrogens (primary N) is 1. The van der Waals surface area contributed by atoms with Crippen LogP contribution in [0.2, 0.25) is 0 Å². The van der Waals surface area contributed by atoms with Gasteiger partial charge in [-0.05, 0) is 32.1 Å². The maximum atomic E-state index is 12.1. The number of nitrogens with zero attached hydrogens (tertiary/aromatic N) is 1. The predicted octanol–water partition coefficient (Wildman–Crippen LogP) is 2.06. The molecule has 2 rings (SSSR count). The molecule has 1 atom stereocenters. The molecule has 22 heavy (non-hydrogen) atoms. The lowest BCUT2D eigenvalue weighted by molar-refractivity contribution is -0.136. The van der Waals surface area contributed by atoms with Gasteiger partial charge in [-0.3, -0.25) is 4.79 Å². The van der Waals surface area contributed by atoms with Gasteiger partial charge in [-0.15, -0.1) is 11.8 Å². The summed E-state index contributed by atoms with van der Waals surface area (Å²) in [6.07, 6.45) is 6.94. The van der Waals surface area contributed by atoms with Gasteiger partial charge in [-0.2, -0.15) is 0 Å². The molecule has 1 saturated heterocycles. The number of hydrogen-bond donors (Lipinski definition) is 1. The zero-order valence-corrected chi connectivity index (χ0v) is 14.1. The number of carbonyl (C=O) groups excluding carboxylic acids is 2. The zero-order chi connectivity index (χ0) is 15.9. The molecule has 0 radical (unpaired) electrons. The second-order valence-electron chi connectivity index (χ2n) is 5.91. The predicted molar refractivity (Wildman–Crippen MR) is 88.4 cm³/mol. The third-order valence-corrected chi connectivity index (χ3v) is 5.72. The van der Waals surface area contributed by atoms with Crippen LogP contribution < -0.4 is 5.73 Å². The van der Waals surface area contributed by atoms with Gasteiger partial charge in [0.05, 0.1) is 12.7 Å². The second kappa shape index (κ2) is 8.46. The maximum Gasteiger partial charge on any atom is 0.336 e. The number of amides is 1. The van der Waals surface area contributed by atoms with E-state index < -0.39 is 0 Å². The number of hydrogen-bond acceptors (Lipinski definition) is 5. The first kappa shape index (κ1) is 17.2. The molecular weight excluding hydrogens is 300 g/mol. The number of likely N-dealkylation sites (tertiary alicyclic amines) is 1. The minimum atomic E-state index is -0.312. The van der Waals surface area contributed by atoms with Gasteiger partial charge < -0.3 is 15.4 Å². The zero-order valence-electron chi connectivity index (χ0n) is 13.3. The fourth-order valence-corrected chi connectivity index (χ4v) is 4.31. The Hall–Kier alpha value is -1.17. The molecule has 1 fully saturated rings. The summed E-state index contributed by atoms with van der Waals surface area (Å²) >= 11 is 1.69. The Morgan fingerprint density at radius 1 is 1.27 bits per heavy atom. The molecule has 124 valence electrons. The molecule has 1 amide bonds. The van der Waals surface area contributed by atoms with Crippen LogP contribution >= 0.6 is 11.8 Å². The fourth-order valence-electron chi connectivity index (χ4n) is 3.00. The SMILES string of the molecule is COC(=O)C1=C(N)C(CCCCC(=O)N2CCCCC2)SC1. The smallest absolute Gasteiger partial charge is 0.336 e. The number of thioether (sulfide) groups is 1. The van der Waals surface area contributed by atoms with E-state index >= 15 is 0 Å². The quantitative estimate of drug-likeness (QED) is 0.597. The highest BCUT2D eigenvalue weighted by atomic mass is 32.2. The van der Waals surface area contributed by atoms with Crippen molar-refractivity contribution in [2.45, 2.75) is 50.2 Å². The summed E-state index contributed by atoms with van der Waals surface area (Å²) in [6.45, 7) is 1.85. The Morgan fingerprint density at radius 2 is 2.00 bits per heavy atom. The average Bonchev–Trinajstić information content (AvgIpc) is 2.92. The second-order valence-corrected chi connectivity index (χ2v) is 7.10. The summed E-state index contributed by atoms with van der Waals surface area (Å²) < 4.78 is 4.74. The monoisotopic (exact) mass is 326 g/mol. The van der Waals surface area contributed by atoms with Crippen LogP contribution in [0.5, 0.6) is 0 Å². The van der Waals surface area contributed by atoms with Crippen molar-refractivity contribution in [3.8, 4) is 0 Å². The highest BCUT2D eigenvalue weighted by Gasteiger charge is 2.28. The normalized spacial score (nSPS) is 22.0. The highest BCUT2D eigenvalue weighted by molar-refractivity contribution is 8.00. The third-order valence-electron chi connectivity index (χ3n) is 4.37. The minimum absolute atomic E-state index is 0.194. The van der Waals surface area contributed by atoms with E-state index in [0.717, 1.165) is 45.2 Å². The van der Waals surface area contributed by atoms with E-state index in [9.17, 15) is 9.59 Å². The Bertz CT molecular complexity index is 445. The molecule has 0 aromatic carbocycles. The molecule has 2 aliphatic rings.